The summed E-state index contributed by atoms with van der Waals surface area (Å²) in [7, 11) is 0. The molecule has 3 N–H and O–H groups in total. The molecule has 1 aliphatic rings. The number of ether oxygens (including phenoxy) is 1. The molecule has 4 atom stereocenters. The molecule has 0 spiro atoms. The van der Waals surface area contributed by atoms with Gasteiger partial charge in [-0.05, 0) is 37.5 Å². The van der Waals surface area contributed by atoms with Crippen LogP contribution in [0.4, 0.5) is 0 Å². The van der Waals surface area contributed by atoms with Crippen molar-refractivity contribution in [1.29, 1.82) is 0 Å². The van der Waals surface area contributed by atoms with Gasteiger partial charge < -0.3 is 20.1 Å². The second-order valence-corrected chi connectivity index (χ2v) is 12.3. The largest absolute Gasteiger partial charge is 0.394 e. The van der Waals surface area contributed by atoms with Crippen molar-refractivity contribution >= 4 is 0 Å². The first kappa shape index (κ1) is 34.9. The molecule has 4 unspecified atom stereocenters. The van der Waals surface area contributed by atoms with Gasteiger partial charge in [-0.25, -0.2) is 0 Å². The van der Waals surface area contributed by atoms with E-state index in [9.17, 15) is 15.3 Å². The fourth-order valence-electron chi connectivity index (χ4n) is 6.47. The van der Waals surface area contributed by atoms with Crippen molar-refractivity contribution < 1.29 is 20.1 Å². The van der Waals surface area contributed by atoms with Gasteiger partial charge >= 0.3 is 0 Å². The highest BCUT2D eigenvalue weighted by Crippen LogP contribution is 2.42. The smallest absolute Gasteiger partial charge is 0.111 e. The topological polar surface area (TPSA) is 69.9 Å². The van der Waals surface area contributed by atoms with E-state index in [2.05, 4.69) is 20.8 Å². The monoisotopic (exact) mass is 526 g/mol. The first-order valence-corrected chi connectivity index (χ1v) is 16.7. The van der Waals surface area contributed by atoms with Crippen molar-refractivity contribution in [3.05, 3.63) is 0 Å². The molecule has 1 aliphatic heterocycles. The van der Waals surface area contributed by atoms with Crippen LogP contribution >= 0.6 is 0 Å². The SMILES string of the molecule is CCCCCCCCC(CCCCCCC)(CCCCCCC)CCCCCC1OC(CO)C(O)C1O. The fraction of sp³-hybridized carbons (Fsp3) is 1.00. The minimum Gasteiger partial charge on any atom is -0.394 e. The normalized spacial score (nSPS) is 22.2. The van der Waals surface area contributed by atoms with Crippen LogP contribution < -0.4 is 0 Å². The second-order valence-electron chi connectivity index (χ2n) is 12.3. The molecule has 0 aliphatic carbocycles. The lowest BCUT2D eigenvalue weighted by atomic mass is 9.70. The van der Waals surface area contributed by atoms with Crippen molar-refractivity contribution in [2.45, 2.75) is 199 Å². The molecule has 0 bridgehead atoms. The standard InChI is InChI=1S/C33H66O4/c1-4-7-10-13-16-21-26-33(24-19-14-11-8-5-2,25-20-15-12-9-6-3)27-22-17-18-23-29-31(35)32(36)30(28-34)37-29/h29-32,34-36H,4-28H2,1-3H3. The predicted molar refractivity (Wildman–Crippen MR) is 158 cm³/mol. The summed E-state index contributed by atoms with van der Waals surface area (Å²) in [5.74, 6) is 0. The molecule has 0 aromatic carbocycles. The number of unbranched alkanes of at least 4 members (excludes halogenated alkanes) is 15. The van der Waals surface area contributed by atoms with Gasteiger partial charge in [-0.1, -0.05) is 143 Å². The molecular weight excluding hydrogens is 460 g/mol. The summed E-state index contributed by atoms with van der Waals surface area (Å²) in [4.78, 5) is 0. The highest BCUT2D eigenvalue weighted by molar-refractivity contribution is 4.90. The van der Waals surface area contributed by atoms with E-state index in [1.807, 2.05) is 0 Å². The molecule has 0 aromatic heterocycles. The maximum Gasteiger partial charge on any atom is 0.111 e. The molecule has 1 heterocycles. The Balaban J connectivity index is 2.62. The van der Waals surface area contributed by atoms with Gasteiger partial charge in [0.1, 0.15) is 18.3 Å². The van der Waals surface area contributed by atoms with Gasteiger partial charge in [-0.2, -0.15) is 0 Å². The quantitative estimate of drug-likeness (QED) is 0.0984. The van der Waals surface area contributed by atoms with Crippen molar-refractivity contribution in [2.75, 3.05) is 6.61 Å². The predicted octanol–water partition coefficient (Wildman–Crippen LogP) is 8.88. The molecule has 4 heteroatoms. The second kappa shape index (κ2) is 22.6. The lowest BCUT2D eigenvalue weighted by molar-refractivity contribution is -0.0247. The van der Waals surface area contributed by atoms with Crippen LogP contribution in [0.2, 0.25) is 0 Å². The van der Waals surface area contributed by atoms with Gasteiger partial charge in [-0.3, -0.25) is 0 Å². The Bertz CT molecular complexity index is 483. The Hall–Kier alpha value is -0.160. The molecule has 0 amide bonds. The molecule has 1 fully saturated rings. The van der Waals surface area contributed by atoms with Gasteiger partial charge in [-0.15, -0.1) is 0 Å². The van der Waals surface area contributed by atoms with Crippen molar-refractivity contribution in [3.8, 4) is 0 Å². The van der Waals surface area contributed by atoms with Crippen LogP contribution in [0.25, 0.3) is 0 Å². The first-order valence-electron chi connectivity index (χ1n) is 16.7. The maximum absolute atomic E-state index is 10.3. The highest BCUT2D eigenvalue weighted by Gasteiger charge is 2.41. The van der Waals surface area contributed by atoms with E-state index < -0.39 is 18.3 Å². The van der Waals surface area contributed by atoms with E-state index >= 15 is 0 Å². The zero-order chi connectivity index (χ0) is 27.2. The lowest BCUT2D eigenvalue weighted by Gasteiger charge is -2.35. The molecule has 0 aromatic rings. The summed E-state index contributed by atoms with van der Waals surface area (Å²) in [6.45, 7) is 6.68. The van der Waals surface area contributed by atoms with Crippen LogP contribution in [-0.2, 0) is 4.74 Å². The molecule has 4 nitrogen and oxygen atoms in total. The fourth-order valence-corrected chi connectivity index (χ4v) is 6.47. The third-order valence-electron chi connectivity index (χ3n) is 9.02. The van der Waals surface area contributed by atoms with Crippen LogP contribution in [0.15, 0.2) is 0 Å². The minimum atomic E-state index is -0.958. The summed E-state index contributed by atoms with van der Waals surface area (Å²) in [5.41, 5.74) is 0.519. The zero-order valence-electron chi connectivity index (χ0n) is 25.2. The zero-order valence-corrected chi connectivity index (χ0v) is 25.2. The number of hydrogen-bond acceptors (Lipinski definition) is 4. The summed E-state index contributed by atoms with van der Waals surface area (Å²) in [5, 5.41) is 29.6. The van der Waals surface area contributed by atoms with Gasteiger partial charge in [0.05, 0.1) is 12.7 Å². The van der Waals surface area contributed by atoms with Crippen LogP contribution in [0.3, 0.4) is 0 Å². The third kappa shape index (κ3) is 15.3. The van der Waals surface area contributed by atoms with Crippen molar-refractivity contribution in [2.24, 2.45) is 5.41 Å². The molecule has 1 rings (SSSR count). The molecular formula is C33H66O4. The van der Waals surface area contributed by atoms with E-state index in [1.165, 1.54) is 135 Å². The Morgan fingerprint density at radius 2 is 0.838 bits per heavy atom. The van der Waals surface area contributed by atoms with Gasteiger partial charge in [0.15, 0.2) is 0 Å². The summed E-state index contributed by atoms with van der Waals surface area (Å²) >= 11 is 0. The minimum absolute atomic E-state index is 0.230. The van der Waals surface area contributed by atoms with Crippen LogP contribution in [0.1, 0.15) is 175 Å². The molecule has 0 saturated carbocycles. The molecule has 1 saturated heterocycles. The Kier molecular flexibility index (Phi) is 21.3. The highest BCUT2D eigenvalue weighted by atomic mass is 16.6. The van der Waals surface area contributed by atoms with E-state index in [1.54, 1.807) is 0 Å². The molecule has 222 valence electrons. The Labute approximate surface area is 231 Å². The van der Waals surface area contributed by atoms with Crippen molar-refractivity contribution in [1.82, 2.24) is 0 Å². The third-order valence-corrected chi connectivity index (χ3v) is 9.02. The average molecular weight is 527 g/mol. The maximum atomic E-state index is 10.3. The van der Waals surface area contributed by atoms with E-state index in [0.29, 0.717) is 5.41 Å². The summed E-state index contributed by atoms with van der Waals surface area (Å²) in [6.07, 6.45) is 29.1. The van der Waals surface area contributed by atoms with Gasteiger partial charge in [0.2, 0.25) is 0 Å². The van der Waals surface area contributed by atoms with Crippen molar-refractivity contribution in [3.63, 3.8) is 0 Å². The van der Waals surface area contributed by atoms with Crippen LogP contribution in [0.5, 0.6) is 0 Å². The number of hydrogen-bond donors (Lipinski definition) is 3. The molecule has 37 heavy (non-hydrogen) atoms. The number of aliphatic hydroxyl groups is 3. The van der Waals surface area contributed by atoms with Gasteiger partial charge in [0.25, 0.3) is 0 Å². The lowest BCUT2D eigenvalue weighted by Crippen LogP contribution is -2.33. The van der Waals surface area contributed by atoms with Crippen LogP contribution in [-0.4, -0.2) is 46.3 Å². The average Bonchev–Trinajstić information content (AvgIpc) is 3.18. The number of rotatable bonds is 26. The van der Waals surface area contributed by atoms with Crippen LogP contribution in [0, 0.1) is 5.41 Å². The summed E-state index contributed by atoms with van der Waals surface area (Å²) in [6, 6.07) is 0. The first-order chi connectivity index (χ1) is 18.0. The van der Waals surface area contributed by atoms with E-state index in [4.69, 9.17) is 4.74 Å². The Morgan fingerprint density at radius 1 is 0.486 bits per heavy atom. The number of aliphatic hydroxyl groups excluding tert-OH is 3. The van der Waals surface area contributed by atoms with E-state index in [-0.39, 0.29) is 12.7 Å². The summed E-state index contributed by atoms with van der Waals surface area (Å²) < 4.78 is 5.70. The Morgan fingerprint density at radius 3 is 1.22 bits per heavy atom. The van der Waals surface area contributed by atoms with Gasteiger partial charge in [0, 0.05) is 0 Å². The molecule has 0 radical (unpaired) electrons. The van der Waals surface area contributed by atoms with E-state index in [0.717, 1.165) is 19.3 Å².